The maximum atomic E-state index is 5.85. The van der Waals surface area contributed by atoms with Crippen LogP contribution in [0.4, 0.5) is 0 Å². The largest absolute Gasteiger partial charge is 0.374 e. The van der Waals surface area contributed by atoms with E-state index in [0.29, 0.717) is 18.1 Å². The first-order chi connectivity index (χ1) is 9.63. The van der Waals surface area contributed by atoms with Crippen LogP contribution in [-0.2, 0) is 11.3 Å². The monoisotopic (exact) mass is 293 g/mol. The van der Waals surface area contributed by atoms with E-state index >= 15 is 0 Å². The normalized spacial score (nSPS) is 22.6. The summed E-state index contributed by atoms with van der Waals surface area (Å²) in [6.45, 7) is 8.68. The minimum atomic E-state index is 0.447. The molecule has 1 saturated heterocycles. The molecule has 0 aliphatic carbocycles. The van der Waals surface area contributed by atoms with Gasteiger partial charge < -0.3 is 10.1 Å². The zero-order valence-corrected chi connectivity index (χ0v) is 13.7. The van der Waals surface area contributed by atoms with Gasteiger partial charge in [-0.1, -0.05) is 26.0 Å². The predicted molar refractivity (Wildman–Crippen MR) is 87.3 cm³/mol. The summed E-state index contributed by atoms with van der Waals surface area (Å²) in [6.07, 6.45) is 3.33. The second kappa shape index (κ2) is 8.06. The Morgan fingerprint density at radius 3 is 2.60 bits per heavy atom. The molecule has 1 fully saturated rings. The van der Waals surface area contributed by atoms with Crippen LogP contribution in [0, 0.1) is 5.92 Å². The van der Waals surface area contributed by atoms with E-state index in [1.807, 2.05) is 11.8 Å². The average molecular weight is 293 g/mol. The number of hydrogen-bond donors (Lipinski definition) is 1. The molecular weight excluding hydrogens is 266 g/mol. The quantitative estimate of drug-likeness (QED) is 0.765. The Bertz CT molecular complexity index is 390. The molecule has 2 rings (SSSR count). The number of hydrogen-bond acceptors (Lipinski definition) is 3. The standard InChI is InChI=1S/C17H27NOS/c1-13(2)10-18-11-15-5-8-17(9-6-15)20-12-16-7-4-14(3)19-16/h5-6,8-9,13-14,16,18H,4,7,10-12H2,1-3H3. The van der Waals surface area contributed by atoms with Gasteiger partial charge in [0.1, 0.15) is 0 Å². The van der Waals surface area contributed by atoms with Crippen LogP contribution in [0.25, 0.3) is 0 Å². The summed E-state index contributed by atoms with van der Waals surface area (Å²) < 4.78 is 5.85. The third-order valence-corrected chi connectivity index (χ3v) is 4.70. The van der Waals surface area contributed by atoms with Crippen molar-refractivity contribution in [1.29, 1.82) is 0 Å². The molecule has 0 saturated carbocycles. The maximum absolute atomic E-state index is 5.85. The van der Waals surface area contributed by atoms with Gasteiger partial charge in [-0.25, -0.2) is 0 Å². The molecule has 2 nitrogen and oxygen atoms in total. The highest BCUT2D eigenvalue weighted by atomic mass is 32.2. The number of thioether (sulfide) groups is 1. The average Bonchev–Trinajstić information content (AvgIpc) is 2.83. The molecule has 1 aromatic carbocycles. The van der Waals surface area contributed by atoms with Crippen LogP contribution < -0.4 is 5.32 Å². The topological polar surface area (TPSA) is 21.3 Å². The van der Waals surface area contributed by atoms with Gasteiger partial charge in [0, 0.05) is 17.2 Å². The van der Waals surface area contributed by atoms with Gasteiger partial charge in [-0.15, -0.1) is 11.8 Å². The van der Waals surface area contributed by atoms with Gasteiger partial charge in [-0.2, -0.15) is 0 Å². The van der Waals surface area contributed by atoms with Gasteiger partial charge >= 0.3 is 0 Å². The van der Waals surface area contributed by atoms with Crippen molar-refractivity contribution in [2.75, 3.05) is 12.3 Å². The molecule has 0 amide bonds. The van der Waals surface area contributed by atoms with Gasteiger partial charge in [-0.05, 0) is 49.9 Å². The number of rotatable bonds is 7. The third kappa shape index (κ3) is 5.47. The Labute approximate surface area is 127 Å². The highest BCUT2D eigenvalue weighted by Gasteiger charge is 2.21. The summed E-state index contributed by atoms with van der Waals surface area (Å²) in [5.74, 6) is 1.79. The fourth-order valence-corrected chi connectivity index (χ4v) is 3.36. The molecule has 0 aromatic heterocycles. The van der Waals surface area contributed by atoms with Gasteiger partial charge in [0.15, 0.2) is 0 Å². The maximum Gasteiger partial charge on any atom is 0.0673 e. The van der Waals surface area contributed by atoms with E-state index in [0.717, 1.165) is 18.8 Å². The van der Waals surface area contributed by atoms with E-state index in [4.69, 9.17) is 4.74 Å². The Morgan fingerprint density at radius 1 is 1.25 bits per heavy atom. The molecule has 1 aliphatic rings. The third-order valence-electron chi connectivity index (χ3n) is 3.56. The van der Waals surface area contributed by atoms with Gasteiger partial charge in [0.2, 0.25) is 0 Å². The van der Waals surface area contributed by atoms with Crippen LogP contribution in [0.1, 0.15) is 39.2 Å². The number of nitrogens with one attached hydrogen (secondary N) is 1. The lowest BCUT2D eigenvalue weighted by Gasteiger charge is -2.11. The Morgan fingerprint density at radius 2 is 2.00 bits per heavy atom. The zero-order chi connectivity index (χ0) is 14.4. The van der Waals surface area contributed by atoms with E-state index in [-0.39, 0.29) is 0 Å². The minimum Gasteiger partial charge on any atom is -0.374 e. The molecule has 2 atom stereocenters. The molecule has 1 heterocycles. The molecule has 1 aromatic rings. The Balaban J connectivity index is 1.71. The highest BCUT2D eigenvalue weighted by molar-refractivity contribution is 7.99. The van der Waals surface area contributed by atoms with Crippen molar-refractivity contribution in [1.82, 2.24) is 5.32 Å². The van der Waals surface area contributed by atoms with Crippen LogP contribution in [0.2, 0.25) is 0 Å². The number of benzene rings is 1. The molecule has 2 unspecified atom stereocenters. The molecule has 1 N–H and O–H groups in total. The lowest BCUT2D eigenvalue weighted by Crippen LogP contribution is -2.18. The van der Waals surface area contributed by atoms with Gasteiger partial charge in [0.05, 0.1) is 12.2 Å². The predicted octanol–water partition coefficient (Wildman–Crippen LogP) is 4.09. The summed E-state index contributed by atoms with van der Waals surface area (Å²) >= 11 is 1.91. The summed E-state index contributed by atoms with van der Waals surface area (Å²) in [6, 6.07) is 8.92. The summed E-state index contributed by atoms with van der Waals surface area (Å²) in [5.41, 5.74) is 1.36. The summed E-state index contributed by atoms with van der Waals surface area (Å²) in [7, 11) is 0. The molecule has 112 valence electrons. The van der Waals surface area contributed by atoms with Crippen molar-refractivity contribution in [2.45, 2.75) is 57.3 Å². The first-order valence-electron chi connectivity index (χ1n) is 7.71. The lowest BCUT2D eigenvalue weighted by atomic mass is 10.2. The van der Waals surface area contributed by atoms with E-state index in [1.54, 1.807) is 0 Å². The molecule has 0 radical (unpaired) electrons. The van der Waals surface area contributed by atoms with Gasteiger partial charge in [-0.3, -0.25) is 0 Å². The van der Waals surface area contributed by atoms with E-state index in [9.17, 15) is 0 Å². The molecular formula is C17H27NOS. The molecule has 0 spiro atoms. The molecule has 1 aliphatic heterocycles. The summed E-state index contributed by atoms with van der Waals surface area (Å²) in [5, 5.41) is 3.48. The van der Waals surface area contributed by atoms with Crippen molar-refractivity contribution >= 4 is 11.8 Å². The van der Waals surface area contributed by atoms with Crippen LogP contribution >= 0.6 is 11.8 Å². The van der Waals surface area contributed by atoms with E-state index in [1.165, 1.54) is 23.3 Å². The van der Waals surface area contributed by atoms with Gasteiger partial charge in [0.25, 0.3) is 0 Å². The van der Waals surface area contributed by atoms with E-state index < -0.39 is 0 Å². The zero-order valence-electron chi connectivity index (χ0n) is 12.9. The molecule has 0 bridgehead atoms. The van der Waals surface area contributed by atoms with Crippen molar-refractivity contribution in [3.63, 3.8) is 0 Å². The second-order valence-corrected chi connectivity index (χ2v) is 7.22. The van der Waals surface area contributed by atoms with Crippen LogP contribution in [-0.4, -0.2) is 24.5 Å². The van der Waals surface area contributed by atoms with E-state index in [2.05, 4.69) is 50.4 Å². The molecule has 20 heavy (non-hydrogen) atoms. The SMILES string of the molecule is CC(C)CNCc1ccc(SCC2CCC(C)O2)cc1. The first kappa shape index (κ1) is 15.9. The Hall–Kier alpha value is -0.510. The smallest absolute Gasteiger partial charge is 0.0673 e. The first-order valence-corrected chi connectivity index (χ1v) is 8.70. The number of ether oxygens (including phenoxy) is 1. The minimum absolute atomic E-state index is 0.447. The van der Waals surface area contributed by atoms with Crippen molar-refractivity contribution in [2.24, 2.45) is 5.92 Å². The Kier molecular flexibility index (Phi) is 6.40. The molecule has 3 heteroatoms. The highest BCUT2D eigenvalue weighted by Crippen LogP contribution is 2.26. The second-order valence-electron chi connectivity index (χ2n) is 6.13. The van der Waals surface area contributed by atoms with Crippen LogP contribution in [0.3, 0.4) is 0 Å². The van der Waals surface area contributed by atoms with Crippen LogP contribution in [0.5, 0.6) is 0 Å². The fourth-order valence-electron chi connectivity index (χ4n) is 2.41. The van der Waals surface area contributed by atoms with Crippen molar-refractivity contribution < 1.29 is 4.74 Å². The lowest BCUT2D eigenvalue weighted by molar-refractivity contribution is 0.0700. The fraction of sp³-hybridized carbons (Fsp3) is 0.647. The van der Waals surface area contributed by atoms with Crippen molar-refractivity contribution in [3.8, 4) is 0 Å². The van der Waals surface area contributed by atoms with Crippen LogP contribution in [0.15, 0.2) is 29.2 Å². The van der Waals surface area contributed by atoms with Crippen molar-refractivity contribution in [3.05, 3.63) is 29.8 Å². The summed E-state index contributed by atoms with van der Waals surface area (Å²) in [4.78, 5) is 1.35.